The summed E-state index contributed by atoms with van der Waals surface area (Å²) in [6.07, 6.45) is 0. The van der Waals surface area contributed by atoms with Crippen molar-refractivity contribution in [2.75, 3.05) is 0 Å². The Labute approximate surface area is 176 Å². The largest absolute Gasteiger partial charge is 0.459 e. The topological polar surface area (TPSA) is 98.5 Å². The fourth-order valence-corrected chi connectivity index (χ4v) is 2.80. The van der Waals surface area contributed by atoms with Gasteiger partial charge in [0.2, 0.25) is 0 Å². The Balaban J connectivity index is 2.01. The van der Waals surface area contributed by atoms with E-state index in [0.29, 0.717) is 11.1 Å². The van der Waals surface area contributed by atoms with Crippen LogP contribution in [-0.2, 0) is 21.6 Å². The normalized spacial score (nSPS) is 12.3. The first-order valence-electron chi connectivity index (χ1n) is 9.80. The van der Waals surface area contributed by atoms with E-state index in [0.717, 1.165) is 5.56 Å². The van der Waals surface area contributed by atoms with E-state index in [2.05, 4.69) is 26.1 Å². The Kier molecular flexibility index (Phi) is 7.32. The van der Waals surface area contributed by atoms with E-state index in [9.17, 15) is 19.7 Å². The van der Waals surface area contributed by atoms with Crippen molar-refractivity contribution >= 4 is 17.6 Å². The Morgan fingerprint density at radius 1 is 1.03 bits per heavy atom. The van der Waals surface area contributed by atoms with Crippen molar-refractivity contribution in [1.29, 1.82) is 0 Å². The van der Waals surface area contributed by atoms with E-state index < -0.39 is 16.9 Å². The van der Waals surface area contributed by atoms with Crippen LogP contribution in [0.3, 0.4) is 0 Å². The van der Waals surface area contributed by atoms with Crippen molar-refractivity contribution in [1.82, 2.24) is 5.32 Å². The molecule has 0 bridgehead atoms. The highest BCUT2D eigenvalue weighted by molar-refractivity contribution is 5.96. The number of benzene rings is 2. The van der Waals surface area contributed by atoms with Crippen LogP contribution < -0.4 is 5.32 Å². The number of hydrogen-bond donors (Lipinski definition) is 1. The molecular weight excluding hydrogens is 384 g/mol. The van der Waals surface area contributed by atoms with E-state index in [1.807, 2.05) is 26.0 Å². The molecule has 160 valence electrons. The quantitative estimate of drug-likeness (QED) is 0.413. The number of esters is 1. The lowest BCUT2D eigenvalue weighted by molar-refractivity contribution is -0.384. The lowest BCUT2D eigenvalue weighted by atomic mass is 9.86. The maximum absolute atomic E-state index is 12.6. The van der Waals surface area contributed by atoms with Crippen LogP contribution in [0.1, 0.15) is 56.1 Å². The lowest BCUT2D eigenvalue weighted by Crippen LogP contribution is -2.45. The van der Waals surface area contributed by atoms with Crippen molar-refractivity contribution in [3.05, 3.63) is 75.3 Å². The SMILES string of the molecule is CC(C)C(NC(=O)c1ccc(C(C)(C)C)cc1)C(=O)OCc1ccc([N+](=O)[O-])cc1. The van der Waals surface area contributed by atoms with E-state index >= 15 is 0 Å². The molecule has 2 aromatic rings. The number of ether oxygens (including phenoxy) is 1. The van der Waals surface area contributed by atoms with Crippen LogP contribution in [0.25, 0.3) is 0 Å². The molecule has 7 heteroatoms. The number of nitro benzene ring substituents is 1. The standard InChI is InChI=1S/C23H28N2O5/c1-15(2)20(22(27)30-14-16-6-12-19(13-7-16)25(28)29)24-21(26)17-8-10-18(11-9-17)23(3,4)5/h6-13,15,20H,14H2,1-5H3,(H,24,26). The van der Waals surface area contributed by atoms with Gasteiger partial charge in [0.25, 0.3) is 11.6 Å². The molecular formula is C23H28N2O5. The van der Waals surface area contributed by atoms with E-state index in [-0.39, 0.29) is 29.5 Å². The van der Waals surface area contributed by atoms with Gasteiger partial charge in [0.05, 0.1) is 4.92 Å². The van der Waals surface area contributed by atoms with Crippen molar-refractivity contribution in [3.63, 3.8) is 0 Å². The summed E-state index contributed by atoms with van der Waals surface area (Å²) in [5.41, 5.74) is 2.16. The molecule has 1 unspecified atom stereocenters. The summed E-state index contributed by atoms with van der Waals surface area (Å²) in [6.45, 7) is 9.89. The predicted octanol–water partition coefficient (Wildman–Crippen LogP) is 4.39. The molecule has 0 aliphatic heterocycles. The van der Waals surface area contributed by atoms with Crippen molar-refractivity contribution in [2.24, 2.45) is 5.92 Å². The Morgan fingerprint density at radius 2 is 1.60 bits per heavy atom. The van der Waals surface area contributed by atoms with Crippen molar-refractivity contribution < 1.29 is 19.2 Å². The van der Waals surface area contributed by atoms with Crippen LogP contribution in [0.4, 0.5) is 5.69 Å². The second-order valence-electron chi connectivity index (χ2n) is 8.55. The molecule has 0 spiro atoms. The molecule has 0 aliphatic carbocycles. The van der Waals surface area contributed by atoms with Crippen LogP contribution in [0.5, 0.6) is 0 Å². The molecule has 7 nitrogen and oxygen atoms in total. The third-order valence-electron chi connectivity index (χ3n) is 4.75. The van der Waals surface area contributed by atoms with Gasteiger partial charge < -0.3 is 10.1 Å². The number of carbonyl (C=O) groups is 2. The first kappa shape index (κ1) is 23.1. The maximum atomic E-state index is 12.6. The van der Waals surface area contributed by atoms with E-state index in [4.69, 9.17) is 4.74 Å². The maximum Gasteiger partial charge on any atom is 0.329 e. The minimum Gasteiger partial charge on any atom is -0.459 e. The molecule has 30 heavy (non-hydrogen) atoms. The van der Waals surface area contributed by atoms with Gasteiger partial charge in [-0.3, -0.25) is 14.9 Å². The van der Waals surface area contributed by atoms with Crippen molar-refractivity contribution in [3.8, 4) is 0 Å². The first-order valence-corrected chi connectivity index (χ1v) is 9.80. The van der Waals surface area contributed by atoms with Crippen LogP contribution >= 0.6 is 0 Å². The van der Waals surface area contributed by atoms with Gasteiger partial charge in [-0.15, -0.1) is 0 Å². The highest BCUT2D eigenvalue weighted by Crippen LogP contribution is 2.22. The molecule has 2 rings (SSSR count). The lowest BCUT2D eigenvalue weighted by Gasteiger charge is -2.22. The molecule has 0 saturated heterocycles. The number of hydrogen-bond acceptors (Lipinski definition) is 5. The number of nitrogens with zero attached hydrogens (tertiary/aromatic N) is 1. The monoisotopic (exact) mass is 412 g/mol. The number of non-ortho nitro benzene ring substituents is 1. The summed E-state index contributed by atoms with van der Waals surface area (Å²) in [5.74, 6) is -1.07. The molecule has 2 aromatic carbocycles. The second-order valence-corrected chi connectivity index (χ2v) is 8.55. The van der Waals surface area contributed by atoms with E-state index in [1.165, 1.54) is 24.3 Å². The van der Waals surface area contributed by atoms with Gasteiger partial charge in [-0.2, -0.15) is 0 Å². The van der Waals surface area contributed by atoms with Gasteiger partial charge in [0.15, 0.2) is 0 Å². The first-order chi connectivity index (χ1) is 14.0. The summed E-state index contributed by atoms with van der Waals surface area (Å²) in [6, 6.07) is 12.3. The average molecular weight is 412 g/mol. The molecule has 0 saturated carbocycles. The number of rotatable bonds is 7. The van der Waals surface area contributed by atoms with Gasteiger partial charge in [-0.25, -0.2) is 4.79 Å². The van der Waals surface area contributed by atoms with Crippen LogP contribution in [0.2, 0.25) is 0 Å². The summed E-state index contributed by atoms with van der Waals surface area (Å²) in [7, 11) is 0. The highest BCUT2D eigenvalue weighted by atomic mass is 16.6. The molecule has 0 fully saturated rings. The van der Waals surface area contributed by atoms with Gasteiger partial charge in [-0.05, 0) is 46.7 Å². The Hall–Kier alpha value is -3.22. The fraction of sp³-hybridized carbons (Fsp3) is 0.391. The summed E-state index contributed by atoms with van der Waals surface area (Å²) < 4.78 is 5.33. The number of nitro groups is 1. The van der Waals surface area contributed by atoms with Gasteiger partial charge in [-0.1, -0.05) is 46.8 Å². The zero-order valence-corrected chi connectivity index (χ0v) is 18.0. The van der Waals surface area contributed by atoms with Gasteiger partial charge in [0.1, 0.15) is 12.6 Å². The summed E-state index contributed by atoms with van der Waals surface area (Å²) in [4.78, 5) is 35.4. The summed E-state index contributed by atoms with van der Waals surface area (Å²) in [5, 5.41) is 13.5. The number of nitrogens with one attached hydrogen (secondary N) is 1. The molecule has 0 aromatic heterocycles. The molecule has 1 N–H and O–H groups in total. The Morgan fingerprint density at radius 3 is 2.07 bits per heavy atom. The zero-order valence-electron chi connectivity index (χ0n) is 18.0. The smallest absolute Gasteiger partial charge is 0.329 e. The molecule has 1 atom stereocenters. The minimum absolute atomic E-state index is 0.0167. The fourth-order valence-electron chi connectivity index (χ4n) is 2.80. The van der Waals surface area contributed by atoms with Crippen LogP contribution in [-0.4, -0.2) is 22.8 Å². The molecule has 0 heterocycles. The van der Waals surface area contributed by atoms with Gasteiger partial charge in [0, 0.05) is 17.7 Å². The van der Waals surface area contributed by atoms with Crippen LogP contribution in [0, 0.1) is 16.0 Å². The van der Waals surface area contributed by atoms with Crippen LogP contribution in [0.15, 0.2) is 48.5 Å². The zero-order chi connectivity index (χ0) is 22.5. The van der Waals surface area contributed by atoms with Crippen molar-refractivity contribution in [2.45, 2.75) is 52.7 Å². The highest BCUT2D eigenvalue weighted by Gasteiger charge is 2.26. The number of carbonyl (C=O) groups excluding carboxylic acids is 2. The number of amides is 1. The predicted molar refractivity (Wildman–Crippen MR) is 114 cm³/mol. The Bertz CT molecular complexity index is 897. The third kappa shape index (κ3) is 6.14. The van der Waals surface area contributed by atoms with Gasteiger partial charge >= 0.3 is 5.97 Å². The molecule has 1 amide bonds. The van der Waals surface area contributed by atoms with E-state index in [1.54, 1.807) is 12.1 Å². The second kappa shape index (κ2) is 9.52. The average Bonchev–Trinajstić information content (AvgIpc) is 2.69. The summed E-state index contributed by atoms with van der Waals surface area (Å²) >= 11 is 0. The molecule has 0 radical (unpaired) electrons. The minimum atomic E-state index is -0.808. The molecule has 0 aliphatic rings. The third-order valence-corrected chi connectivity index (χ3v) is 4.75.